The predicted molar refractivity (Wildman–Crippen MR) is 97.6 cm³/mol. The van der Waals surface area contributed by atoms with Gasteiger partial charge in [0, 0.05) is 5.92 Å². The number of hydrogen-bond donors (Lipinski definition) is 0. The van der Waals surface area contributed by atoms with E-state index in [0.29, 0.717) is 11.8 Å². The Kier molecular flexibility index (Phi) is 3.93. The van der Waals surface area contributed by atoms with E-state index < -0.39 is 0 Å². The van der Waals surface area contributed by atoms with E-state index in [4.69, 9.17) is 0 Å². The lowest BCUT2D eigenvalue weighted by molar-refractivity contribution is 0.464. The molecule has 0 heterocycles. The maximum absolute atomic E-state index is 13.6. The molecule has 0 saturated carbocycles. The van der Waals surface area contributed by atoms with Crippen molar-refractivity contribution in [3.8, 4) is 11.1 Å². The van der Waals surface area contributed by atoms with Crippen LogP contribution in [0.1, 0.15) is 36.0 Å². The van der Waals surface area contributed by atoms with Crippen LogP contribution in [0.2, 0.25) is 0 Å². The summed E-state index contributed by atoms with van der Waals surface area (Å²) in [4.78, 5) is 0. The van der Waals surface area contributed by atoms with Crippen LogP contribution in [0.4, 0.5) is 4.39 Å². The molecule has 2 atom stereocenters. The van der Waals surface area contributed by atoms with Crippen molar-refractivity contribution in [1.82, 2.24) is 0 Å². The minimum absolute atomic E-state index is 0.186. The number of benzene rings is 3. The Morgan fingerprint density at radius 1 is 0.833 bits per heavy atom. The van der Waals surface area contributed by atoms with Crippen molar-refractivity contribution in [2.45, 2.75) is 25.7 Å². The molecule has 1 aliphatic carbocycles. The molecule has 0 N–H and O–H groups in total. The third-order valence-electron chi connectivity index (χ3n) is 5.08. The lowest BCUT2D eigenvalue weighted by Gasteiger charge is -2.30. The number of hydrogen-bond acceptors (Lipinski definition) is 0. The SMILES string of the molecule is C[C@@H]1Cc2ccccc2[C@@H](c2cccc(-c3cccc(F)c3)c2)C1. The molecule has 0 fully saturated rings. The van der Waals surface area contributed by atoms with Crippen LogP contribution in [0.3, 0.4) is 0 Å². The van der Waals surface area contributed by atoms with E-state index in [-0.39, 0.29) is 5.82 Å². The van der Waals surface area contributed by atoms with Gasteiger partial charge in [0.1, 0.15) is 5.82 Å². The maximum Gasteiger partial charge on any atom is 0.123 e. The van der Waals surface area contributed by atoms with Crippen molar-refractivity contribution in [3.05, 3.63) is 95.3 Å². The lowest BCUT2D eigenvalue weighted by Crippen LogP contribution is -2.17. The van der Waals surface area contributed by atoms with Gasteiger partial charge in [-0.1, -0.05) is 67.6 Å². The molecule has 3 aromatic carbocycles. The Hall–Kier alpha value is -2.41. The highest BCUT2D eigenvalue weighted by Gasteiger charge is 2.25. The molecule has 3 aromatic rings. The highest BCUT2D eigenvalue weighted by atomic mass is 19.1. The molecule has 0 radical (unpaired) electrons. The first-order valence-corrected chi connectivity index (χ1v) is 8.64. The van der Waals surface area contributed by atoms with Crippen LogP contribution in [0.5, 0.6) is 0 Å². The van der Waals surface area contributed by atoms with Crippen LogP contribution >= 0.6 is 0 Å². The van der Waals surface area contributed by atoms with Gasteiger partial charge in [0.15, 0.2) is 0 Å². The van der Waals surface area contributed by atoms with Crippen molar-refractivity contribution in [1.29, 1.82) is 0 Å². The standard InChI is InChI=1S/C23H21F/c1-16-12-19-6-2-3-11-22(19)23(13-16)20-9-4-7-17(14-20)18-8-5-10-21(24)15-18/h2-11,14-16,23H,12-13H2,1H3/t16-,23-/m1/s1. The second-order valence-corrected chi connectivity index (χ2v) is 6.93. The number of halogens is 1. The first-order valence-electron chi connectivity index (χ1n) is 8.64. The Balaban J connectivity index is 1.77. The molecular formula is C23H21F. The monoisotopic (exact) mass is 316 g/mol. The number of rotatable bonds is 2. The largest absolute Gasteiger partial charge is 0.207 e. The molecule has 0 saturated heterocycles. The lowest BCUT2D eigenvalue weighted by atomic mass is 9.74. The van der Waals surface area contributed by atoms with Crippen molar-refractivity contribution >= 4 is 0 Å². The molecule has 0 spiro atoms. The van der Waals surface area contributed by atoms with Gasteiger partial charge in [-0.05, 0) is 58.7 Å². The minimum Gasteiger partial charge on any atom is -0.207 e. The van der Waals surface area contributed by atoms with Crippen molar-refractivity contribution < 1.29 is 4.39 Å². The van der Waals surface area contributed by atoms with Crippen molar-refractivity contribution in [2.24, 2.45) is 5.92 Å². The van der Waals surface area contributed by atoms with Crippen LogP contribution in [-0.2, 0) is 6.42 Å². The van der Waals surface area contributed by atoms with Gasteiger partial charge in [-0.3, -0.25) is 0 Å². The summed E-state index contributed by atoms with van der Waals surface area (Å²) in [5, 5.41) is 0. The predicted octanol–water partition coefficient (Wildman–Crippen LogP) is 6.21. The van der Waals surface area contributed by atoms with Gasteiger partial charge in [0.25, 0.3) is 0 Å². The van der Waals surface area contributed by atoms with E-state index in [0.717, 1.165) is 17.5 Å². The summed E-state index contributed by atoms with van der Waals surface area (Å²) < 4.78 is 13.6. The Bertz CT molecular complexity index is 865. The minimum atomic E-state index is -0.186. The van der Waals surface area contributed by atoms with Gasteiger partial charge < -0.3 is 0 Å². The maximum atomic E-state index is 13.6. The van der Waals surface area contributed by atoms with Gasteiger partial charge in [-0.25, -0.2) is 4.39 Å². The molecule has 0 unspecified atom stereocenters. The van der Waals surface area contributed by atoms with Crippen LogP contribution in [-0.4, -0.2) is 0 Å². The molecule has 4 rings (SSSR count). The van der Waals surface area contributed by atoms with E-state index >= 15 is 0 Å². The van der Waals surface area contributed by atoms with Crippen LogP contribution in [0.15, 0.2) is 72.8 Å². The smallest absolute Gasteiger partial charge is 0.123 e. The molecule has 0 aromatic heterocycles. The Labute approximate surface area is 143 Å². The van der Waals surface area contributed by atoms with Crippen LogP contribution in [0, 0.1) is 11.7 Å². The third-order valence-corrected chi connectivity index (χ3v) is 5.08. The fourth-order valence-corrected chi connectivity index (χ4v) is 3.97. The quantitative estimate of drug-likeness (QED) is 0.527. The summed E-state index contributed by atoms with van der Waals surface area (Å²) in [6.07, 6.45) is 2.33. The summed E-state index contributed by atoms with van der Waals surface area (Å²) in [5.74, 6) is 0.927. The summed E-state index contributed by atoms with van der Waals surface area (Å²) in [5.41, 5.74) is 6.27. The zero-order valence-corrected chi connectivity index (χ0v) is 13.9. The Morgan fingerprint density at radius 2 is 1.58 bits per heavy atom. The zero-order chi connectivity index (χ0) is 16.5. The number of fused-ring (bicyclic) bond motifs is 1. The van der Waals surface area contributed by atoms with Gasteiger partial charge >= 0.3 is 0 Å². The fraction of sp³-hybridized carbons (Fsp3) is 0.217. The molecule has 0 nitrogen and oxygen atoms in total. The zero-order valence-electron chi connectivity index (χ0n) is 13.9. The molecule has 1 heteroatoms. The molecule has 0 aliphatic heterocycles. The topological polar surface area (TPSA) is 0 Å². The first kappa shape index (κ1) is 15.1. The Morgan fingerprint density at radius 3 is 2.42 bits per heavy atom. The normalized spacial score (nSPS) is 19.8. The average Bonchev–Trinajstić information content (AvgIpc) is 2.61. The molecule has 1 aliphatic rings. The highest BCUT2D eigenvalue weighted by molar-refractivity contribution is 5.64. The molecule has 120 valence electrons. The van der Waals surface area contributed by atoms with Gasteiger partial charge in [0.2, 0.25) is 0 Å². The van der Waals surface area contributed by atoms with Crippen LogP contribution < -0.4 is 0 Å². The van der Waals surface area contributed by atoms with E-state index in [1.807, 2.05) is 6.07 Å². The third kappa shape index (κ3) is 2.87. The van der Waals surface area contributed by atoms with Crippen molar-refractivity contribution in [2.75, 3.05) is 0 Å². The fourth-order valence-electron chi connectivity index (χ4n) is 3.97. The second-order valence-electron chi connectivity index (χ2n) is 6.93. The summed E-state index contributed by atoms with van der Waals surface area (Å²) in [6, 6.07) is 24.2. The van der Waals surface area contributed by atoms with Gasteiger partial charge in [-0.2, -0.15) is 0 Å². The summed E-state index contributed by atoms with van der Waals surface area (Å²) in [6.45, 7) is 2.33. The summed E-state index contributed by atoms with van der Waals surface area (Å²) in [7, 11) is 0. The van der Waals surface area contributed by atoms with E-state index in [9.17, 15) is 4.39 Å². The van der Waals surface area contributed by atoms with E-state index in [2.05, 4.69) is 55.5 Å². The van der Waals surface area contributed by atoms with Gasteiger partial charge in [-0.15, -0.1) is 0 Å². The van der Waals surface area contributed by atoms with Gasteiger partial charge in [0.05, 0.1) is 0 Å². The molecule has 0 bridgehead atoms. The van der Waals surface area contributed by atoms with Crippen LogP contribution in [0.25, 0.3) is 11.1 Å². The molecular weight excluding hydrogens is 295 g/mol. The first-order chi connectivity index (χ1) is 11.7. The molecule has 0 amide bonds. The second kappa shape index (κ2) is 6.24. The molecule has 24 heavy (non-hydrogen) atoms. The summed E-state index contributed by atoms with van der Waals surface area (Å²) >= 11 is 0. The van der Waals surface area contributed by atoms with Crippen molar-refractivity contribution in [3.63, 3.8) is 0 Å². The highest BCUT2D eigenvalue weighted by Crippen LogP contribution is 2.40. The van der Waals surface area contributed by atoms with E-state index in [1.54, 1.807) is 12.1 Å². The average molecular weight is 316 g/mol. The van der Waals surface area contributed by atoms with E-state index in [1.165, 1.54) is 29.2 Å².